The molecule has 1 aromatic heterocycles. The van der Waals surface area contributed by atoms with E-state index in [1.165, 1.54) is 23.9 Å². The van der Waals surface area contributed by atoms with E-state index in [0.717, 1.165) is 16.7 Å². The SMILES string of the molecule is Cc1c(Cl)cccc1NC(=O)[C@@H]1Sc2nnc(-c3ccccc3)n2N[C@@H]1c1ccc(F)cc1. The third-order valence-corrected chi connectivity index (χ3v) is 7.11. The highest BCUT2D eigenvalue weighted by atomic mass is 35.5. The van der Waals surface area contributed by atoms with Crippen LogP contribution in [0.3, 0.4) is 0 Å². The number of rotatable bonds is 4. The molecule has 0 fully saturated rings. The van der Waals surface area contributed by atoms with E-state index in [1.54, 1.807) is 28.9 Å². The minimum absolute atomic E-state index is 0.220. The summed E-state index contributed by atoms with van der Waals surface area (Å²) in [5.74, 6) is 0.0742. The summed E-state index contributed by atoms with van der Waals surface area (Å²) in [5.41, 5.74) is 6.47. The lowest BCUT2D eigenvalue weighted by Gasteiger charge is -2.33. The number of amides is 1. The van der Waals surface area contributed by atoms with Crippen molar-refractivity contribution in [1.29, 1.82) is 0 Å². The van der Waals surface area contributed by atoms with Gasteiger partial charge in [-0.3, -0.25) is 4.79 Å². The second-order valence-corrected chi connectivity index (χ2v) is 9.12. The molecule has 0 radical (unpaired) electrons. The molecular formula is C24H19ClFN5OS. The molecule has 1 amide bonds. The topological polar surface area (TPSA) is 71.8 Å². The Bertz CT molecular complexity index is 1310. The van der Waals surface area contributed by atoms with Crippen molar-refractivity contribution in [3.05, 3.63) is 94.8 Å². The Balaban J connectivity index is 1.52. The van der Waals surface area contributed by atoms with Gasteiger partial charge in [-0.1, -0.05) is 71.9 Å². The first-order valence-corrected chi connectivity index (χ1v) is 11.5. The van der Waals surface area contributed by atoms with Gasteiger partial charge < -0.3 is 10.7 Å². The quantitative estimate of drug-likeness (QED) is 0.407. The molecule has 0 aliphatic carbocycles. The summed E-state index contributed by atoms with van der Waals surface area (Å²) in [6, 6.07) is 20.7. The van der Waals surface area contributed by atoms with Crippen LogP contribution in [0.5, 0.6) is 0 Å². The maximum atomic E-state index is 13.6. The summed E-state index contributed by atoms with van der Waals surface area (Å²) in [5, 5.41) is 12.2. The van der Waals surface area contributed by atoms with Crippen LogP contribution in [-0.4, -0.2) is 26.0 Å². The Morgan fingerprint density at radius 2 is 1.82 bits per heavy atom. The molecule has 0 saturated carbocycles. The lowest BCUT2D eigenvalue weighted by atomic mass is 10.0. The summed E-state index contributed by atoms with van der Waals surface area (Å²) >= 11 is 7.53. The van der Waals surface area contributed by atoms with E-state index in [2.05, 4.69) is 20.9 Å². The van der Waals surface area contributed by atoms with E-state index in [1.807, 2.05) is 43.3 Å². The van der Waals surface area contributed by atoms with Crippen LogP contribution >= 0.6 is 23.4 Å². The number of hydrogen-bond acceptors (Lipinski definition) is 5. The van der Waals surface area contributed by atoms with Crippen LogP contribution in [0.25, 0.3) is 11.4 Å². The van der Waals surface area contributed by atoms with Crippen molar-refractivity contribution in [1.82, 2.24) is 14.9 Å². The van der Waals surface area contributed by atoms with Crippen molar-refractivity contribution in [2.24, 2.45) is 0 Å². The standard InChI is InChI=1S/C24H19ClFN5OS/c1-14-18(25)8-5-9-19(14)27-23(32)21-20(15-10-12-17(26)13-11-15)30-31-22(28-29-24(31)33-21)16-6-3-2-4-7-16/h2-13,20-21,30H,1H3,(H,27,32)/t20-,21-/m1/s1. The zero-order chi connectivity index (χ0) is 22.9. The summed E-state index contributed by atoms with van der Waals surface area (Å²) < 4.78 is 15.4. The predicted octanol–water partition coefficient (Wildman–Crippen LogP) is 5.44. The van der Waals surface area contributed by atoms with Crippen molar-refractivity contribution in [2.75, 3.05) is 10.7 Å². The highest BCUT2D eigenvalue weighted by Gasteiger charge is 2.38. The van der Waals surface area contributed by atoms with Gasteiger partial charge in [0, 0.05) is 16.3 Å². The molecule has 166 valence electrons. The zero-order valence-electron chi connectivity index (χ0n) is 17.5. The molecule has 1 aliphatic rings. The van der Waals surface area contributed by atoms with Gasteiger partial charge in [0.25, 0.3) is 0 Å². The minimum atomic E-state index is -0.589. The third kappa shape index (κ3) is 4.19. The third-order valence-electron chi connectivity index (χ3n) is 5.48. The molecule has 2 heterocycles. The van der Waals surface area contributed by atoms with Gasteiger partial charge in [-0.2, -0.15) is 0 Å². The van der Waals surface area contributed by atoms with Gasteiger partial charge in [0.05, 0.1) is 6.04 Å². The monoisotopic (exact) mass is 479 g/mol. The molecule has 4 aromatic rings. The Labute approximate surface area is 199 Å². The van der Waals surface area contributed by atoms with Crippen LogP contribution in [0.15, 0.2) is 78.0 Å². The normalized spacial score (nSPS) is 17.2. The van der Waals surface area contributed by atoms with E-state index in [9.17, 15) is 9.18 Å². The van der Waals surface area contributed by atoms with Gasteiger partial charge >= 0.3 is 0 Å². The van der Waals surface area contributed by atoms with Crippen LogP contribution in [0.4, 0.5) is 10.1 Å². The number of carbonyl (C=O) groups excluding carboxylic acids is 1. The number of hydrogen-bond donors (Lipinski definition) is 2. The first-order chi connectivity index (χ1) is 16.0. The van der Waals surface area contributed by atoms with E-state index < -0.39 is 11.3 Å². The van der Waals surface area contributed by atoms with Crippen LogP contribution < -0.4 is 10.7 Å². The number of halogens is 2. The molecule has 2 N–H and O–H groups in total. The summed E-state index contributed by atoms with van der Waals surface area (Å²) in [6.45, 7) is 1.85. The molecule has 2 atom stereocenters. The number of benzene rings is 3. The van der Waals surface area contributed by atoms with Crippen LogP contribution in [0, 0.1) is 12.7 Å². The summed E-state index contributed by atoms with van der Waals surface area (Å²) in [7, 11) is 0. The van der Waals surface area contributed by atoms with Crippen molar-refractivity contribution in [3.8, 4) is 11.4 Å². The Hall–Kier alpha value is -3.36. The largest absolute Gasteiger partial charge is 0.325 e. The summed E-state index contributed by atoms with van der Waals surface area (Å²) in [4.78, 5) is 13.4. The van der Waals surface area contributed by atoms with Crippen LogP contribution in [-0.2, 0) is 4.79 Å². The Kier molecular flexibility index (Phi) is 5.78. The number of carbonyl (C=O) groups is 1. The van der Waals surface area contributed by atoms with Gasteiger partial charge in [0.2, 0.25) is 11.1 Å². The number of aromatic nitrogens is 3. The number of nitrogens with zero attached hydrogens (tertiary/aromatic N) is 3. The molecule has 1 aliphatic heterocycles. The fourth-order valence-electron chi connectivity index (χ4n) is 3.70. The molecule has 6 nitrogen and oxygen atoms in total. The lowest BCUT2D eigenvalue weighted by Crippen LogP contribution is -2.41. The second kappa shape index (κ2) is 8.88. The molecule has 33 heavy (non-hydrogen) atoms. The molecule has 5 rings (SSSR count). The van der Waals surface area contributed by atoms with Crippen LogP contribution in [0.1, 0.15) is 17.2 Å². The maximum Gasteiger partial charge on any atom is 0.240 e. The molecule has 0 bridgehead atoms. The number of anilines is 1. The molecule has 3 aromatic carbocycles. The van der Waals surface area contributed by atoms with E-state index in [4.69, 9.17) is 11.6 Å². The van der Waals surface area contributed by atoms with Gasteiger partial charge in [0.15, 0.2) is 5.82 Å². The summed E-state index contributed by atoms with van der Waals surface area (Å²) in [6.07, 6.45) is 0. The van der Waals surface area contributed by atoms with Crippen molar-refractivity contribution >= 4 is 35.0 Å². The van der Waals surface area contributed by atoms with Gasteiger partial charge in [-0.15, -0.1) is 10.2 Å². The fraction of sp³-hybridized carbons (Fsp3) is 0.125. The highest BCUT2D eigenvalue weighted by molar-refractivity contribution is 8.00. The molecule has 0 unspecified atom stereocenters. The van der Waals surface area contributed by atoms with E-state index in [-0.39, 0.29) is 11.7 Å². The molecule has 9 heteroatoms. The second-order valence-electron chi connectivity index (χ2n) is 7.61. The Morgan fingerprint density at radius 1 is 1.06 bits per heavy atom. The fourth-order valence-corrected chi connectivity index (χ4v) is 4.95. The van der Waals surface area contributed by atoms with Crippen molar-refractivity contribution in [3.63, 3.8) is 0 Å². The lowest BCUT2D eigenvalue weighted by molar-refractivity contribution is -0.116. The number of thioether (sulfide) groups is 1. The molecule has 0 saturated heterocycles. The Morgan fingerprint density at radius 3 is 2.58 bits per heavy atom. The first-order valence-electron chi connectivity index (χ1n) is 10.3. The maximum absolute atomic E-state index is 13.6. The number of fused-ring (bicyclic) bond motifs is 1. The average Bonchev–Trinajstić information content (AvgIpc) is 3.25. The van der Waals surface area contributed by atoms with Gasteiger partial charge in [-0.25, -0.2) is 9.07 Å². The zero-order valence-corrected chi connectivity index (χ0v) is 19.1. The van der Waals surface area contributed by atoms with E-state index >= 15 is 0 Å². The van der Waals surface area contributed by atoms with Gasteiger partial charge in [0.1, 0.15) is 11.1 Å². The smallest absolute Gasteiger partial charge is 0.240 e. The predicted molar refractivity (Wildman–Crippen MR) is 128 cm³/mol. The van der Waals surface area contributed by atoms with E-state index in [0.29, 0.717) is 21.7 Å². The first kappa shape index (κ1) is 21.5. The average molecular weight is 480 g/mol. The van der Waals surface area contributed by atoms with Crippen LogP contribution in [0.2, 0.25) is 5.02 Å². The number of nitrogens with one attached hydrogen (secondary N) is 2. The van der Waals surface area contributed by atoms with Gasteiger partial charge in [-0.05, 0) is 42.3 Å². The molecule has 0 spiro atoms. The van der Waals surface area contributed by atoms with Crippen molar-refractivity contribution in [2.45, 2.75) is 23.4 Å². The van der Waals surface area contributed by atoms with Crippen molar-refractivity contribution < 1.29 is 9.18 Å². The highest BCUT2D eigenvalue weighted by Crippen LogP contribution is 2.39. The minimum Gasteiger partial charge on any atom is -0.325 e. The molecular weight excluding hydrogens is 461 g/mol.